The number of hydrazine groups is 1. The molecule has 0 radical (unpaired) electrons. The van der Waals surface area contributed by atoms with E-state index in [1.165, 1.54) is 49.7 Å². The van der Waals surface area contributed by atoms with Crippen LogP contribution in [0.3, 0.4) is 0 Å². The average molecular weight is 462 g/mol. The second-order valence-corrected chi connectivity index (χ2v) is 7.13. The minimum Gasteiger partial charge on any atom is -0.493 e. The van der Waals surface area contributed by atoms with Crippen LogP contribution in [0.15, 0.2) is 54.7 Å². The third-order valence-corrected chi connectivity index (χ3v) is 4.35. The molecule has 1 aromatic heterocycles. The maximum Gasteiger partial charge on any atom is 0.435 e. The van der Waals surface area contributed by atoms with Crippen molar-refractivity contribution in [1.29, 1.82) is 0 Å². The molecule has 0 aliphatic carbocycles. The van der Waals surface area contributed by atoms with Gasteiger partial charge in [-0.1, -0.05) is 0 Å². The fourth-order valence-corrected chi connectivity index (χ4v) is 2.80. The van der Waals surface area contributed by atoms with Gasteiger partial charge in [0.15, 0.2) is 17.2 Å². The van der Waals surface area contributed by atoms with Crippen molar-refractivity contribution in [2.75, 3.05) is 7.11 Å². The Morgan fingerprint density at radius 3 is 2.09 bits per heavy atom. The molecule has 0 aliphatic rings. The normalized spacial score (nSPS) is 11.2. The maximum atomic E-state index is 12.7. The average Bonchev–Trinajstić information content (AvgIpc) is 3.28. The second-order valence-electron chi connectivity index (χ2n) is 7.13. The minimum absolute atomic E-state index is 0.0794. The number of rotatable bonds is 6. The second kappa shape index (κ2) is 9.63. The summed E-state index contributed by atoms with van der Waals surface area (Å²) in [5.41, 5.74) is 4.31. The molecule has 0 fully saturated rings. The standard InChI is InChI=1S/C22H21F3N4O4/c1-13(2)33-17-9-6-15(12-18(17)32-3)21(31)27-26-20(30)14-4-7-16(8-5-14)29-11-10-19(28-29)22(23,24)25/h4-13H,1-3H3,(H,26,30)(H,27,31). The van der Waals surface area contributed by atoms with Gasteiger partial charge >= 0.3 is 6.18 Å². The lowest BCUT2D eigenvalue weighted by Crippen LogP contribution is -2.41. The Morgan fingerprint density at radius 1 is 0.939 bits per heavy atom. The molecule has 1 heterocycles. The zero-order valence-corrected chi connectivity index (χ0v) is 17.9. The summed E-state index contributed by atoms with van der Waals surface area (Å²) in [4.78, 5) is 24.7. The topological polar surface area (TPSA) is 94.5 Å². The van der Waals surface area contributed by atoms with E-state index in [4.69, 9.17) is 9.47 Å². The number of ether oxygens (including phenoxy) is 2. The lowest BCUT2D eigenvalue weighted by atomic mass is 10.2. The molecule has 0 atom stereocenters. The van der Waals surface area contributed by atoms with Gasteiger partial charge in [-0.3, -0.25) is 20.4 Å². The summed E-state index contributed by atoms with van der Waals surface area (Å²) in [6, 6.07) is 11.1. The van der Waals surface area contributed by atoms with Gasteiger partial charge in [-0.2, -0.15) is 18.3 Å². The highest BCUT2D eigenvalue weighted by Gasteiger charge is 2.33. The molecule has 11 heteroatoms. The number of carbonyl (C=O) groups excluding carboxylic acids is 2. The van der Waals surface area contributed by atoms with Crippen molar-refractivity contribution in [3.05, 3.63) is 71.5 Å². The Labute approximate surface area is 187 Å². The third-order valence-electron chi connectivity index (χ3n) is 4.35. The van der Waals surface area contributed by atoms with E-state index < -0.39 is 23.7 Å². The number of alkyl halides is 3. The summed E-state index contributed by atoms with van der Waals surface area (Å²) < 4.78 is 50.0. The van der Waals surface area contributed by atoms with Gasteiger partial charge in [0.25, 0.3) is 11.8 Å². The lowest BCUT2D eigenvalue weighted by Gasteiger charge is -2.14. The van der Waals surface area contributed by atoms with Crippen molar-refractivity contribution in [2.45, 2.75) is 26.1 Å². The summed E-state index contributed by atoms with van der Waals surface area (Å²) in [6.45, 7) is 3.72. The van der Waals surface area contributed by atoms with Crippen LogP contribution >= 0.6 is 0 Å². The first-order valence-corrected chi connectivity index (χ1v) is 9.77. The van der Waals surface area contributed by atoms with Crippen molar-refractivity contribution in [1.82, 2.24) is 20.6 Å². The molecular formula is C22H21F3N4O4. The Balaban J connectivity index is 1.62. The van der Waals surface area contributed by atoms with E-state index in [2.05, 4.69) is 16.0 Å². The summed E-state index contributed by atoms with van der Waals surface area (Å²) in [6.07, 6.45) is -3.46. The van der Waals surface area contributed by atoms with Gasteiger partial charge < -0.3 is 9.47 Å². The predicted molar refractivity (Wildman–Crippen MR) is 112 cm³/mol. The maximum absolute atomic E-state index is 12.7. The minimum atomic E-state index is -4.55. The van der Waals surface area contributed by atoms with E-state index in [1.54, 1.807) is 6.07 Å². The number of halogens is 3. The molecule has 2 aromatic carbocycles. The van der Waals surface area contributed by atoms with Crippen LogP contribution in [0, 0.1) is 0 Å². The molecular weight excluding hydrogens is 441 g/mol. The van der Waals surface area contributed by atoms with Gasteiger partial charge in [-0.05, 0) is 62.4 Å². The van der Waals surface area contributed by atoms with E-state index >= 15 is 0 Å². The molecule has 0 unspecified atom stereocenters. The van der Waals surface area contributed by atoms with Crippen LogP contribution in [-0.2, 0) is 6.18 Å². The molecule has 174 valence electrons. The van der Waals surface area contributed by atoms with Gasteiger partial charge in [0.1, 0.15) is 0 Å². The van der Waals surface area contributed by atoms with Crippen molar-refractivity contribution in [2.24, 2.45) is 0 Å². The number of methoxy groups -OCH3 is 1. The first-order chi connectivity index (χ1) is 15.6. The smallest absolute Gasteiger partial charge is 0.435 e. The highest BCUT2D eigenvalue weighted by atomic mass is 19.4. The number of hydrogen-bond acceptors (Lipinski definition) is 5. The zero-order chi connectivity index (χ0) is 24.2. The molecule has 0 saturated carbocycles. The lowest BCUT2D eigenvalue weighted by molar-refractivity contribution is -0.141. The zero-order valence-electron chi connectivity index (χ0n) is 17.9. The Hall–Kier alpha value is -4.02. The number of benzene rings is 2. The number of nitrogens with one attached hydrogen (secondary N) is 2. The molecule has 0 bridgehead atoms. The SMILES string of the molecule is COc1cc(C(=O)NNC(=O)c2ccc(-n3ccc(C(F)(F)F)n3)cc2)ccc1OC(C)C. The first kappa shape index (κ1) is 23.6. The van der Waals surface area contributed by atoms with Crippen LogP contribution < -0.4 is 20.3 Å². The molecule has 0 aliphatic heterocycles. The van der Waals surface area contributed by atoms with Gasteiger partial charge in [-0.15, -0.1) is 0 Å². The van der Waals surface area contributed by atoms with Crippen LogP contribution in [-0.4, -0.2) is 34.8 Å². The largest absolute Gasteiger partial charge is 0.493 e. The van der Waals surface area contributed by atoms with Crippen LogP contribution in [0.25, 0.3) is 5.69 Å². The van der Waals surface area contributed by atoms with Gasteiger partial charge in [0.2, 0.25) is 0 Å². The van der Waals surface area contributed by atoms with Crippen molar-refractivity contribution in [3.63, 3.8) is 0 Å². The molecule has 2 amide bonds. The fourth-order valence-electron chi connectivity index (χ4n) is 2.80. The highest BCUT2D eigenvalue weighted by molar-refractivity contribution is 5.99. The van der Waals surface area contributed by atoms with Crippen LogP contribution in [0.2, 0.25) is 0 Å². The van der Waals surface area contributed by atoms with Gasteiger partial charge in [0.05, 0.1) is 18.9 Å². The molecule has 8 nitrogen and oxygen atoms in total. The van der Waals surface area contributed by atoms with Crippen LogP contribution in [0.5, 0.6) is 11.5 Å². The Bertz CT molecular complexity index is 1140. The summed E-state index contributed by atoms with van der Waals surface area (Å²) in [7, 11) is 1.45. The molecule has 0 spiro atoms. The van der Waals surface area contributed by atoms with Crippen LogP contribution in [0.1, 0.15) is 40.3 Å². The molecule has 2 N–H and O–H groups in total. The third kappa shape index (κ3) is 5.82. The highest BCUT2D eigenvalue weighted by Crippen LogP contribution is 2.29. The molecule has 3 aromatic rings. The number of nitrogens with zero attached hydrogens (tertiary/aromatic N) is 2. The van der Waals surface area contributed by atoms with E-state index in [0.29, 0.717) is 17.2 Å². The van der Waals surface area contributed by atoms with Crippen LogP contribution in [0.4, 0.5) is 13.2 Å². The van der Waals surface area contributed by atoms with Crippen molar-refractivity contribution >= 4 is 11.8 Å². The Kier molecular flexibility index (Phi) is 6.90. The van der Waals surface area contributed by atoms with E-state index in [-0.39, 0.29) is 17.2 Å². The van der Waals surface area contributed by atoms with Gasteiger partial charge in [0, 0.05) is 17.3 Å². The predicted octanol–water partition coefficient (Wildman–Crippen LogP) is 3.76. The molecule has 33 heavy (non-hydrogen) atoms. The Morgan fingerprint density at radius 2 is 1.55 bits per heavy atom. The quantitative estimate of drug-likeness (QED) is 0.544. The van der Waals surface area contributed by atoms with Crippen molar-refractivity contribution in [3.8, 4) is 17.2 Å². The number of hydrogen-bond donors (Lipinski definition) is 2. The van der Waals surface area contributed by atoms with Crippen molar-refractivity contribution < 1.29 is 32.2 Å². The first-order valence-electron chi connectivity index (χ1n) is 9.77. The van der Waals surface area contributed by atoms with E-state index in [0.717, 1.165) is 10.7 Å². The number of carbonyl (C=O) groups is 2. The summed E-state index contributed by atoms with van der Waals surface area (Å²) in [5.74, 6) is -0.345. The number of aromatic nitrogens is 2. The molecule has 0 saturated heterocycles. The van der Waals surface area contributed by atoms with E-state index in [1.807, 2.05) is 13.8 Å². The molecule has 3 rings (SSSR count). The monoisotopic (exact) mass is 462 g/mol. The summed E-state index contributed by atoms with van der Waals surface area (Å²) >= 11 is 0. The summed E-state index contributed by atoms with van der Waals surface area (Å²) in [5, 5.41) is 3.47. The fraction of sp³-hybridized carbons (Fsp3) is 0.227. The van der Waals surface area contributed by atoms with E-state index in [9.17, 15) is 22.8 Å². The van der Waals surface area contributed by atoms with Gasteiger partial charge in [-0.25, -0.2) is 4.68 Å². The number of amides is 2.